The van der Waals surface area contributed by atoms with Gasteiger partial charge in [-0.2, -0.15) is 5.10 Å². The fraction of sp³-hybridized carbons (Fsp3) is 0.231. The Bertz CT molecular complexity index is 603. The summed E-state index contributed by atoms with van der Waals surface area (Å²) in [6.07, 6.45) is 1.65. The number of aromatic amines is 1. The van der Waals surface area contributed by atoms with Crippen molar-refractivity contribution in [1.82, 2.24) is 10.2 Å². The van der Waals surface area contributed by atoms with Crippen molar-refractivity contribution >= 4 is 0 Å². The summed E-state index contributed by atoms with van der Waals surface area (Å²) in [5, 5.41) is 6.23. The lowest BCUT2D eigenvalue weighted by atomic mass is 9.99. The first-order valence-electron chi connectivity index (χ1n) is 5.33. The molecule has 4 heteroatoms. The van der Waals surface area contributed by atoms with E-state index in [9.17, 15) is 4.79 Å². The summed E-state index contributed by atoms with van der Waals surface area (Å²) < 4.78 is 5.15. The van der Waals surface area contributed by atoms with Crippen LogP contribution in [0.3, 0.4) is 0 Å². The standard InChI is InChI=1S/C13H14N2O2/c1-8-6-10(17-3)4-5-11(8)12-9(2)7-14-15-13(12)16/h4-7H,1-3H3,(H,15,16). The van der Waals surface area contributed by atoms with E-state index < -0.39 is 0 Å². The third kappa shape index (κ3) is 2.06. The summed E-state index contributed by atoms with van der Waals surface area (Å²) in [5.41, 5.74) is 3.27. The Kier molecular flexibility index (Phi) is 2.95. The van der Waals surface area contributed by atoms with E-state index >= 15 is 0 Å². The lowest BCUT2D eigenvalue weighted by Gasteiger charge is -2.09. The average molecular weight is 230 g/mol. The Labute approximate surface area is 99.3 Å². The van der Waals surface area contributed by atoms with Gasteiger partial charge >= 0.3 is 0 Å². The Hall–Kier alpha value is -2.10. The zero-order valence-electron chi connectivity index (χ0n) is 10.1. The van der Waals surface area contributed by atoms with Crippen LogP contribution in [-0.2, 0) is 0 Å². The van der Waals surface area contributed by atoms with Crippen molar-refractivity contribution in [2.45, 2.75) is 13.8 Å². The number of aryl methyl sites for hydroxylation is 2. The molecule has 1 aromatic heterocycles. The highest BCUT2D eigenvalue weighted by molar-refractivity contribution is 5.69. The summed E-state index contributed by atoms with van der Waals surface area (Å²) >= 11 is 0. The van der Waals surface area contributed by atoms with Gasteiger partial charge in [0.15, 0.2) is 0 Å². The van der Waals surface area contributed by atoms with Gasteiger partial charge in [-0.3, -0.25) is 4.79 Å². The molecule has 0 atom stereocenters. The van der Waals surface area contributed by atoms with Crippen LogP contribution in [0, 0.1) is 13.8 Å². The van der Waals surface area contributed by atoms with E-state index in [2.05, 4.69) is 10.2 Å². The van der Waals surface area contributed by atoms with Crippen molar-refractivity contribution in [3.05, 3.63) is 45.9 Å². The average Bonchev–Trinajstić information content (AvgIpc) is 2.30. The van der Waals surface area contributed by atoms with Gasteiger partial charge < -0.3 is 4.74 Å². The van der Waals surface area contributed by atoms with Crippen LogP contribution in [0.4, 0.5) is 0 Å². The molecule has 1 heterocycles. The highest BCUT2D eigenvalue weighted by Gasteiger charge is 2.10. The Morgan fingerprint density at radius 3 is 2.59 bits per heavy atom. The Morgan fingerprint density at radius 1 is 1.24 bits per heavy atom. The van der Waals surface area contributed by atoms with Gasteiger partial charge in [-0.1, -0.05) is 6.07 Å². The van der Waals surface area contributed by atoms with Gasteiger partial charge in [0.2, 0.25) is 0 Å². The van der Waals surface area contributed by atoms with E-state index in [0.29, 0.717) is 5.56 Å². The molecule has 2 rings (SSSR count). The molecule has 1 aromatic carbocycles. The van der Waals surface area contributed by atoms with Crippen LogP contribution in [0.1, 0.15) is 11.1 Å². The van der Waals surface area contributed by atoms with E-state index in [1.807, 2.05) is 32.0 Å². The number of methoxy groups -OCH3 is 1. The Balaban J connectivity index is 2.65. The van der Waals surface area contributed by atoms with Crippen LogP contribution in [0.15, 0.2) is 29.2 Å². The summed E-state index contributed by atoms with van der Waals surface area (Å²) in [4.78, 5) is 11.8. The first-order chi connectivity index (χ1) is 8.13. The second kappa shape index (κ2) is 4.41. The molecule has 0 aliphatic rings. The molecule has 17 heavy (non-hydrogen) atoms. The van der Waals surface area contributed by atoms with Crippen molar-refractivity contribution in [3.8, 4) is 16.9 Å². The predicted octanol–water partition coefficient (Wildman–Crippen LogP) is 2.06. The van der Waals surface area contributed by atoms with Gasteiger partial charge in [-0.25, -0.2) is 5.10 Å². The van der Waals surface area contributed by atoms with E-state index in [0.717, 1.165) is 22.4 Å². The molecule has 88 valence electrons. The van der Waals surface area contributed by atoms with E-state index in [4.69, 9.17) is 4.74 Å². The SMILES string of the molecule is COc1ccc(-c2c(C)cn[nH]c2=O)c(C)c1. The van der Waals surface area contributed by atoms with Crippen LogP contribution in [-0.4, -0.2) is 17.3 Å². The molecule has 0 unspecified atom stereocenters. The molecule has 0 aliphatic carbocycles. The summed E-state index contributed by atoms with van der Waals surface area (Å²) in [5.74, 6) is 0.786. The van der Waals surface area contributed by atoms with E-state index in [1.165, 1.54) is 0 Å². The number of H-pyrrole nitrogens is 1. The zero-order valence-corrected chi connectivity index (χ0v) is 10.1. The quantitative estimate of drug-likeness (QED) is 0.859. The first-order valence-corrected chi connectivity index (χ1v) is 5.33. The zero-order chi connectivity index (χ0) is 12.4. The fourth-order valence-electron chi connectivity index (χ4n) is 1.87. The molecule has 0 spiro atoms. The second-order valence-corrected chi connectivity index (χ2v) is 3.94. The van der Waals surface area contributed by atoms with Crippen molar-refractivity contribution in [2.24, 2.45) is 0 Å². The monoisotopic (exact) mass is 230 g/mol. The van der Waals surface area contributed by atoms with Gasteiger partial charge in [-0.05, 0) is 42.7 Å². The number of hydrogen-bond donors (Lipinski definition) is 1. The minimum atomic E-state index is -0.168. The topological polar surface area (TPSA) is 55.0 Å². The molecule has 0 amide bonds. The van der Waals surface area contributed by atoms with E-state index in [-0.39, 0.29) is 5.56 Å². The van der Waals surface area contributed by atoms with Crippen molar-refractivity contribution in [2.75, 3.05) is 7.11 Å². The number of nitrogens with zero attached hydrogens (tertiary/aromatic N) is 1. The van der Waals surface area contributed by atoms with Crippen LogP contribution >= 0.6 is 0 Å². The van der Waals surface area contributed by atoms with Crippen molar-refractivity contribution in [1.29, 1.82) is 0 Å². The summed E-state index contributed by atoms with van der Waals surface area (Å²) in [6, 6.07) is 5.65. The van der Waals surface area contributed by atoms with Crippen LogP contribution < -0.4 is 10.3 Å². The minimum absolute atomic E-state index is 0.168. The molecular formula is C13H14N2O2. The molecule has 2 aromatic rings. The van der Waals surface area contributed by atoms with Gasteiger partial charge in [-0.15, -0.1) is 0 Å². The molecule has 0 saturated heterocycles. The van der Waals surface area contributed by atoms with Gasteiger partial charge in [0.25, 0.3) is 5.56 Å². The number of aromatic nitrogens is 2. The minimum Gasteiger partial charge on any atom is -0.497 e. The lowest BCUT2D eigenvalue weighted by Crippen LogP contribution is -2.12. The molecule has 0 radical (unpaired) electrons. The van der Waals surface area contributed by atoms with Crippen molar-refractivity contribution in [3.63, 3.8) is 0 Å². The number of rotatable bonds is 2. The van der Waals surface area contributed by atoms with E-state index in [1.54, 1.807) is 13.3 Å². The van der Waals surface area contributed by atoms with Gasteiger partial charge in [0, 0.05) is 0 Å². The van der Waals surface area contributed by atoms with Gasteiger partial charge in [0.1, 0.15) is 5.75 Å². The molecule has 0 bridgehead atoms. The van der Waals surface area contributed by atoms with Crippen LogP contribution in [0.2, 0.25) is 0 Å². The number of hydrogen-bond acceptors (Lipinski definition) is 3. The highest BCUT2D eigenvalue weighted by atomic mass is 16.5. The summed E-state index contributed by atoms with van der Waals surface area (Å²) in [6.45, 7) is 3.83. The smallest absolute Gasteiger partial charge is 0.272 e. The number of nitrogens with one attached hydrogen (secondary N) is 1. The molecule has 1 N–H and O–H groups in total. The molecule has 0 aliphatic heterocycles. The third-order valence-electron chi connectivity index (χ3n) is 2.75. The largest absolute Gasteiger partial charge is 0.497 e. The maximum Gasteiger partial charge on any atom is 0.272 e. The summed E-state index contributed by atoms with van der Waals surface area (Å²) in [7, 11) is 1.62. The number of benzene rings is 1. The fourth-order valence-corrected chi connectivity index (χ4v) is 1.87. The van der Waals surface area contributed by atoms with Gasteiger partial charge in [0.05, 0.1) is 18.9 Å². The van der Waals surface area contributed by atoms with Crippen molar-refractivity contribution < 1.29 is 4.74 Å². The van der Waals surface area contributed by atoms with Crippen LogP contribution in [0.25, 0.3) is 11.1 Å². The third-order valence-corrected chi connectivity index (χ3v) is 2.75. The normalized spacial score (nSPS) is 10.3. The molecule has 4 nitrogen and oxygen atoms in total. The highest BCUT2D eigenvalue weighted by Crippen LogP contribution is 2.26. The lowest BCUT2D eigenvalue weighted by molar-refractivity contribution is 0.414. The molecule has 0 fully saturated rings. The number of ether oxygens (including phenoxy) is 1. The first kappa shape index (κ1) is 11.4. The maximum atomic E-state index is 11.8. The Morgan fingerprint density at radius 2 is 2.00 bits per heavy atom. The van der Waals surface area contributed by atoms with Crippen LogP contribution in [0.5, 0.6) is 5.75 Å². The maximum absolute atomic E-state index is 11.8. The molecule has 0 saturated carbocycles. The second-order valence-electron chi connectivity index (χ2n) is 3.94. The predicted molar refractivity (Wildman–Crippen MR) is 66.3 cm³/mol. The molecular weight excluding hydrogens is 216 g/mol.